The van der Waals surface area contributed by atoms with Gasteiger partial charge < -0.3 is 14.8 Å². The first-order valence-corrected chi connectivity index (χ1v) is 8.05. The van der Waals surface area contributed by atoms with E-state index in [0.717, 1.165) is 19.3 Å². The summed E-state index contributed by atoms with van der Waals surface area (Å²) < 4.78 is 2.18. The number of hydrogen-bond donors (Lipinski definition) is 1. The monoisotopic (exact) mass is 305 g/mol. The molecule has 122 valence electrons. The molecular formula is C17H27N3O2. The SMILES string of the molecule is CC(=O)N1CCC(C(=O)NCCc2cc(C)n(C)c2C)CC1. The van der Waals surface area contributed by atoms with E-state index in [-0.39, 0.29) is 17.7 Å². The number of hydrogen-bond acceptors (Lipinski definition) is 2. The summed E-state index contributed by atoms with van der Waals surface area (Å²) in [5.41, 5.74) is 3.81. The summed E-state index contributed by atoms with van der Waals surface area (Å²) in [6.45, 7) is 7.87. The summed E-state index contributed by atoms with van der Waals surface area (Å²) in [6.07, 6.45) is 2.41. The lowest BCUT2D eigenvalue weighted by Gasteiger charge is -2.30. The van der Waals surface area contributed by atoms with Crippen molar-refractivity contribution in [1.82, 2.24) is 14.8 Å². The van der Waals surface area contributed by atoms with Gasteiger partial charge in [0.05, 0.1) is 0 Å². The van der Waals surface area contributed by atoms with Gasteiger partial charge in [0.25, 0.3) is 0 Å². The molecule has 0 bridgehead atoms. The lowest BCUT2D eigenvalue weighted by molar-refractivity contribution is -0.133. The molecule has 0 saturated carbocycles. The Morgan fingerprint density at radius 1 is 1.27 bits per heavy atom. The summed E-state index contributed by atoms with van der Waals surface area (Å²) in [5.74, 6) is 0.288. The van der Waals surface area contributed by atoms with Gasteiger partial charge in [-0.05, 0) is 44.7 Å². The Balaban J connectivity index is 1.76. The van der Waals surface area contributed by atoms with Crippen LogP contribution in [-0.4, -0.2) is 40.9 Å². The molecule has 0 unspecified atom stereocenters. The number of carbonyl (C=O) groups is 2. The number of likely N-dealkylation sites (tertiary alicyclic amines) is 1. The topological polar surface area (TPSA) is 54.3 Å². The van der Waals surface area contributed by atoms with Crippen LogP contribution in [0.25, 0.3) is 0 Å². The summed E-state index contributed by atoms with van der Waals surface area (Å²) in [6, 6.07) is 2.19. The second-order valence-electron chi connectivity index (χ2n) is 6.28. The van der Waals surface area contributed by atoms with Gasteiger partial charge in [0, 0.05) is 50.9 Å². The van der Waals surface area contributed by atoms with Gasteiger partial charge in [-0.15, -0.1) is 0 Å². The van der Waals surface area contributed by atoms with Gasteiger partial charge in [0.2, 0.25) is 11.8 Å². The van der Waals surface area contributed by atoms with Gasteiger partial charge in [0.1, 0.15) is 0 Å². The normalized spacial score (nSPS) is 15.9. The molecule has 1 saturated heterocycles. The number of piperidine rings is 1. The van der Waals surface area contributed by atoms with Crippen LogP contribution < -0.4 is 5.32 Å². The van der Waals surface area contributed by atoms with Crippen LogP contribution in [0.1, 0.15) is 36.7 Å². The highest BCUT2D eigenvalue weighted by atomic mass is 16.2. The Morgan fingerprint density at radius 2 is 1.91 bits per heavy atom. The minimum absolute atomic E-state index is 0.0502. The van der Waals surface area contributed by atoms with E-state index in [1.807, 2.05) is 4.90 Å². The highest BCUT2D eigenvalue weighted by Gasteiger charge is 2.25. The van der Waals surface area contributed by atoms with Crippen molar-refractivity contribution in [2.24, 2.45) is 13.0 Å². The van der Waals surface area contributed by atoms with E-state index in [1.165, 1.54) is 17.0 Å². The van der Waals surface area contributed by atoms with Gasteiger partial charge in [0.15, 0.2) is 0 Å². The van der Waals surface area contributed by atoms with Crippen molar-refractivity contribution in [3.05, 3.63) is 23.0 Å². The molecule has 1 aliphatic rings. The number of rotatable bonds is 4. The van der Waals surface area contributed by atoms with E-state index in [4.69, 9.17) is 0 Å². The average Bonchev–Trinajstić information content (AvgIpc) is 2.74. The standard InChI is InChI=1S/C17H27N3O2/c1-12-11-16(13(2)19(12)4)5-8-18-17(22)15-6-9-20(10-7-15)14(3)21/h11,15H,5-10H2,1-4H3,(H,18,22). The third-order valence-corrected chi connectivity index (χ3v) is 4.88. The van der Waals surface area contributed by atoms with Crippen LogP contribution in [0.15, 0.2) is 6.07 Å². The second-order valence-corrected chi connectivity index (χ2v) is 6.28. The first kappa shape index (κ1) is 16.6. The van der Waals surface area contributed by atoms with Crippen LogP contribution >= 0.6 is 0 Å². The van der Waals surface area contributed by atoms with Gasteiger partial charge in [-0.1, -0.05) is 0 Å². The van der Waals surface area contributed by atoms with Crippen molar-refractivity contribution in [1.29, 1.82) is 0 Å². The number of nitrogens with zero attached hydrogens (tertiary/aromatic N) is 2. The van der Waals surface area contributed by atoms with Crippen molar-refractivity contribution in [3.63, 3.8) is 0 Å². The quantitative estimate of drug-likeness (QED) is 0.918. The molecule has 0 radical (unpaired) electrons. The molecule has 1 aromatic heterocycles. The van der Waals surface area contributed by atoms with Crippen LogP contribution in [0.3, 0.4) is 0 Å². The highest BCUT2D eigenvalue weighted by molar-refractivity contribution is 5.79. The third kappa shape index (κ3) is 3.70. The van der Waals surface area contributed by atoms with Gasteiger partial charge in [-0.2, -0.15) is 0 Å². The maximum absolute atomic E-state index is 12.2. The number of amides is 2. The van der Waals surface area contributed by atoms with E-state index in [2.05, 4.69) is 36.8 Å². The largest absolute Gasteiger partial charge is 0.356 e. The lowest BCUT2D eigenvalue weighted by atomic mass is 9.96. The maximum Gasteiger partial charge on any atom is 0.223 e. The van der Waals surface area contributed by atoms with Crippen LogP contribution in [0.4, 0.5) is 0 Å². The maximum atomic E-state index is 12.2. The van der Waals surface area contributed by atoms with Crippen molar-refractivity contribution in [3.8, 4) is 0 Å². The zero-order valence-electron chi connectivity index (χ0n) is 14.1. The first-order chi connectivity index (χ1) is 10.4. The third-order valence-electron chi connectivity index (χ3n) is 4.88. The van der Waals surface area contributed by atoms with Crippen LogP contribution in [0, 0.1) is 19.8 Å². The van der Waals surface area contributed by atoms with Crippen LogP contribution in [0.5, 0.6) is 0 Å². The number of aryl methyl sites for hydroxylation is 1. The van der Waals surface area contributed by atoms with E-state index in [9.17, 15) is 9.59 Å². The number of nitrogens with one attached hydrogen (secondary N) is 1. The van der Waals surface area contributed by atoms with Crippen LogP contribution in [-0.2, 0) is 23.1 Å². The predicted molar refractivity (Wildman–Crippen MR) is 86.6 cm³/mol. The zero-order valence-corrected chi connectivity index (χ0v) is 14.1. The highest BCUT2D eigenvalue weighted by Crippen LogP contribution is 2.17. The molecule has 2 rings (SSSR count). The molecule has 1 fully saturated rings. The molecule has 0 atom stereocenters. The molecule has 0 spiro atoms. The smallest absolute Gasteiger partial charge is 0.223 e. The minimum Gasteiger partial charge on any atom is -0.356 e. The summed E-state index contributed by atoms with van der Waals surface area (Å²) in [5, 5.41) is 3.05. The second kappa shape index (κ2) is 6.99. The fraction of sp³-hybridized carbons (Fsp3) is 0.647. The molecule has 1 aliphatic heterocycles. The molecule has 1 N–H and O–H groups in total. The van der Waals surface area contributed by atoms with E-state index < -0.39 is 0 Å². The van der Waals surface area contributed by atoms with E-state index >= 15 is 0 Å². The Labute approximate surface area is 132 Å². The number of carbonyl (C=O) groups excluding carboxylic acids is 2. The average molecular weight is 305 g/mol. The molecule has 2 amide bonds. The molecule has 5 nitrogen and oxygen atoms in total. The van der Waals surface area contributed by atoms with Gasteiger partial charge in [-0.3, -0.25) is 9.59 Å². The fourth-order valence-electron chi connectivity index (χ4n) is 3.11. The molecule has 22 heavy (non-hydrogen) atoms. The van der Waals surface area contributed by atoms with Crippen molar-refractivity contribution < 1.29 is 9.59 Å². The van der Waals surface area contributed by atoms with Crippen LogP contribution in [0.2, 0.25) is 0 Å². The lowest BCUT2D eigenvalue weighted by Crippen LogP contribution is -2.42. The molecular weight excluding hydrogens is 278 g/mol. The molecule has 5 heteroatoms. The molecule has 2 heterocycles. The van der Waals surface area contributed by atoms with Crippen molar-refractivity contribution >= 4 is 11.8 Å². The molecule has 0 aliphatic carbocycles. The zero-order chi connectivity index (χ0) is 16.3. The summed E-state index contributed by atoms with van der Waals surface area (Å²) >= 11 is 0. The molecule has 0 aromatic carbocycles. The Hall–Kier alpha value is -1.78. The Bertz CT molecular complexity index is 554. The van der Waals surface area contributed by atoms with E-state index in [0.29, 0.717) is 19.6 Å². The number of aromatic nitrogens is 1. The Morgan fingerprint density at radius 3 is 2.41 bits per heavy atom. The predicted octanol–water partition coefficient (Wildman–Crippen LogP) is 1.56. The van der Waals surface area contributed by atoms with Crippen molar-refractivity contribution in [2.45, 2.75) is 40.0 Å². The van der Waals surface area contributed by atoms with Gasteiger partial charge >= 0.3 is 0 Å². The fourth-order valence-corrected chi connectivity index (χ4v) is 3.11. The van der Waals surface area contributed by atoms with Gasteiger partial charge in [-0.25, -0.2) is 0 Å². The summed E-state index contributed by atoms with van der Waals surface area (Å²) in [4.78, 5) is 25.3. The van der Waals surface area contributed by atoms with Crippen molar-refractivity contribution in [2.75, 3.05) is 19.6 Å². The molecule has 1 aromatic rings. The Kier molecular flexibility index (Phi) is 5.27. The first-order valence-electron chi connectivity index (χ1n) is 8.05. The minimum atomic E-state index is 0.0502. The van der Waals surface area contributed by atoms with E-state index in [1.54, 1.807) is 6.92 Å². The summed E-state index contributed by atoms with van der Waals surface area (Å²) in [7, 11) is 2.07.